The summed E-state index contributed by atoms with van der Waals surface area (Å²) in [4.78, 5) is 20.6. The number of rotatable bonds is 8. The van der Waals surface area contributed by atoms with Crippen LogP contribution in [0.25, 0.3) is 106 Å². The standard InChI is InChI=1S/C58H35F3N6/c59-58(60,61)44-32-47(56-63-49(38-17-5-1-6-18-38)34-50(64-56)39-19-7-2-8-20-39)55(48(33-44)57-65-51(40-21-9-3-10-22-40)35-52(66-57)41-23-11-4-12-24-41)67-53-27-14-13-26-45(53)46-29-28-43(31-54(46)67)42-25-15-16-37(30-42)36-62/h1-35H. The third-order valence-electron chi connectivity index (χ3n) is 11.9. The second kappa shape index (κ2) is 16.8. The van der Waals surface area contributed by atoms with E-state index in [-0.39, 0.29) is 22.8 Å². The van der Waals surface area contributed by atoms with Crippen molar-refractivity contribution in [2.45, 2.75) is 6.18 Å². The SMILES string of the molecule is N#Cc1cccc(-c2ccc3c4ccccc4n(-c4c(-c5nc(-c6ccccc6)cc(-c6ccccc6)n5)cc(C(F)(F)F)cc4-c4nc(-c5ccccc5)cc(-c5ccccc5)n4)c3c2)c1. The summed E-state index contributed by atoms with van der Waals surface area (Å²) in [6, 6.07) is 67.7. The Kier molecular flexibility index (Phi) is 10.2. The molecule has 3 aromatic heterocycles. The van der Waals surface area contributed by atoms with Gasteiger partial charge < -0.3 is 4.57 Å². The fraction of sp³-hybridized carbons (Fsp3) is 0.0172. The minimum atomic E-state index is -4.81. The topological polar surface area (TPSA) is 80.3 Å². The van der Waals surface area contributed by atoms with Gasteiger partial charge in [0.15, 0.2) is 11.6 Å². The molecule has 0 fully saturated rings. The minimum absolute atomic E-state index is 0.0776. The number of fused-ring (bicyclic) bond motifs is 3. The van der Waals surface area contributed by atoms with Crippen LogP contribution in [0, 0.1) is 11.3 Å². The van der Waals surface area contributed by atoms with E-state index in [1.165, 1.54) is 0 Å². The first-order valence-electron chi connectivity index (χ1n) is 21.6. The van der Waals surface area contributed by atoms with Crippen molar-refractivity contribution in [1.29, 1.82) is 5.26 Å². The molecule has 0 bridgehead atoms. The largest absolute Gasteiger partial charge is 0.416 e. The van der Waals surface area contributed by atoms with Crippen LogP contribution in [0.5, 0.6) is 0 Å². The summed E-state index contributed by atoms with van der Waals surface area (Å²) in [5, 5.41) is 11.6. The van der Waals surface area contributed by atoms with Crippen LogP contribution in [0.4, 0.5) is 13.2 Å². The fourth-order valence-electron chi connectivity index (χ4n) is 8.70. The first-order valence-corrected chi connectivity index (χ1v) is 21.6. The lowest BCUT2D eigenvalue weighted by Gasteiger charge is -2.21. The van der Waals surface area contributed by atoms with E-state index in [9.17, 15) is 5.26 Å². The lowest BCUT2D eigenvalue weighted by Crippen LogP contribution is -2.11. The van der Waals surface area contributed by atoms with Gasteiger partial charge in [-0.1, -0.05) is 164 Å². The van der Waals surface area contributed by atoms with Gasteiger partial charge in [-0.25, -0.2) is 19.9 Å². The number of nitriles is 1. The van der Waals surface area contributed by atoms with Crippen LogP contribution in [-0.2, 0) is 6.18 Å². The Labute approximate surface area is 383 Å². The minimum Gasteiger partial charge on any atom is -0.308 e. The van der Waals surface area contributed by atoms with Crippen LogP contribution in [0.2, 0.25) is 0 Å². The molecule has 0 aliphatic heterocycles. The highest BCUT2D eigenvalue weighted by Crippen LogP contribution is 2.45. The van der Waals surface area contributed by atoms with Crippen molar-refractivity contribution in [3.8, 4) is 90.7 Å². The van der Waals surface area contributed by atoms with Gasteiger partial charge in [-0.2, -0.15) is 18.4 Å². The van der Waals surface area contributed by atoms with Gasteiger partial charge in [-0.3, -0.25) is 0 Å². The van der Waals surface area contributed by atoms with Crippen molar-refractivity contribution in [3.63, 3.8) is 0 Å². The molecular weight excluding hydrogens is 838 g/mol. The molecule has 0 radical (unpaired) electrons. The third-order valence-corrected chi connectivity index (χ3v) is 11.9. The number of para-hydroxylation sites is 1. The summed E-state index contributed by atoms with van der Waals surface area (Å²) in [6.07, 6.45) is -4.81. The molecule has 11 rings (SSSR count). The number of hydrogen-bond donors (Lipinski definition) is 0. The van der Waals surface area contributed by atoms with E-state index in [0.29, 0.717) is 39.5 Å². The van der Waals surface area contributed by atoms with Gasteiger partial charge in [-0.15, -0.1) is 0 Å². The zero-order valence-electron chi connectivity index (χ0n) is 35.5. The van der Waals surface area contributed by atoms with Crippen molar-refractivity contribution in [1.82, 2.24) is 24.5 Å². The highest BCUT2D eigenvalue weighted by Gasteiger charge is 2.35. The predicted molar refractivity (Wildman–Crippen MR) is 260 cm³/mol. The Hall–Kier alpha value is -9.00. The number of hydrogen-bond acceptors (Lipinski definition) is 5. The van der Waals surface area contributed by atoms with E-state index in [4.69, 9.17) is 19.9 Å². The highest BCUT2D eigenvalue weighted by atomic mass is 19.4. The van der Waals surface area contributed by atoms with E-state index in [2.05, 4.69) is 6.07 Å². The molecule has 0 aliphatic carbocycles. The van der Waals surface area contributed by atoms with Gasteiger partial charge >= 0.3 is 6.18 Å². The summed E-state index contributed by atoms with van der Waals surface area (Å²) < 4.78 is 49.2. The van der Waals surface area contributed by atoms with E-state index >= 15 is 13.2 Å². The second-order valence-electron chi connectivity index (χ2n) is 16.1. The smallest absolute Gasteiger partial charge is 0.308 e. The number of aromatic nitrogens is 5. The molecule has 0 unspecified atom stereocenters. The molecule has 11 aromatic rings. The average Bonchev–Trinajstić information content (AvgIpc) is 3.72. The number of halogens is 3. The normalized spacial score (nSPS) is 11.5. The molecule has 0 saturated carbocycles. The molecule has 0 aliphatic rings. The van der Waals surface area contributed by atoms with Gasteiger partial charge in [0.05, 0.1) is 56.7 Å². The first-order chi connectivity index (χ1) is 32.8. The summed E-state index contributed by atoms with van der Waals surface area (Å²) >= 11 is 0. The lowest BCUT2D eigenvalue weighted by molar-refractivity contribution is -0.137. The van der Waals surface area contributed by atoms with Gasteiger partial charge in [0, 0.05) is 44.2 Å². The molecule has 8 aromatic carbocycles. The van der Waals surface area contributed by atoms with Crippen LogP contribution in [0.3, 0.4) is 0 Å². The highest BCUT2D eigenvalue weighted by molar-refractivity contribution is 6.11. The summed E-state index contributed by atoms with van der Waals surface area (Å²) in [5.41, 5.74) is 8.43. The molecule has 0 spiro atoms. The number of alkyl halides is 3. The molecule has 3 heterocycles. The third kappa shape index (κ3) is 7.77. The maximum atomic E-state index is 15.7. The van der Waals surface area contributed by atoms with Gasteiger partial charge in [0.25, 0.3) is 0 Å². The second-order valence-corrected chi connectivity index (χ2v) is 16.1. The van der Waals surface area contributed by atoms with Crippen molar-refractivity contribution in [3.05, 3.63) is 223 Å². The van der Waals surface area contributed by atoms with Crippen molar-refractivity contribution in [2.75, 3.05) is 0 Å². The number of nitrogens with zero attached hydrogens (tertiary/aromatic N) is 6. The molecule has 0 amide bonds. The Balaban J connectivity index is 1.32. The van der Waals surface area contributed by atoms with Gasteiger partial charge in [0.1, 0.15) is 0 Å². The monoisotopic (exact) mass is 872 g/mol. The summed E-state index contributed by atoms with van der Waals surface area (Å²) in [6.45, 7) is 0. The Bertz CT molecular complexity index is 3410. The molecule has 9 heteroatoms. The summed E-state index contributed by atoms with van der Waals surface area (Å²) in [7, 11) is 0. The Morgan fingerprint density at radius 2 is 0.806 bits per heavy atom. The van der Waals surface area contributed by atoms with Crippen molar-refractivity contribution in [2.24, 2.45) is 0 Å². The first kappa shape index (κ1) is 40.8. The van der Waals surface area contributed by atoms with E-state index in [1.807, 2.05) is 199 Å². The van der Waals surface area contributed by atoms with Gasteiger partial charge in [0.2, 0.25) is 0 Å². The molecule has 318 valence electrons. The maximum absolute atomic E-state index is 15.7. The molecule has 0 saturated heterocycles. The Morgan fingerprint density at radius 1 is 0.388 bits per heavy atom. The molecule has 67 heavy (non-hydrogen) atoms. The van der Waals surface area contributed by atoms with E-state index in [0.717, 1.165) is 61.8 Å². The zero-order chi connectivity index (χ0) is 45.5. The lowest BCUT2D eigenvalue weighted by atomic mass is 9.98. The van der Waals surface area contributed by atoms with Crippen LogP contribution < -0.4 is 0 Å². The van der Waals surface area contributed by atoms with Gasteiger partial charge in [-0.05, 0) is 59.7 Å². The fourth-order valence-corrected chi connectivity index (χ4v) is 8.70. The molecule has 0 N–H and O–H groups in total. The van der Waals surface area contributed by atoms with Crippen LogP contribution in [0.15, 0.2) is 212 Å². The maximum Gasteiger partial charge on any atom is 0.416 e. The average molecular weight is 873 g/mol. The van der Waals surface area contributed by atoms with Crippen LogP contribution in [-0.4, -0.2) is 24.5 Å². The zero-order valence-corrected chi connectivity index (χ0v) is 35.5. The molecule has 6 nitrogen and oxygen atoms in total. The molecular formula is C58H35F3N6. The predicted octanol–water partition coefficient (Wildman–Crippen LogP) is 14.9. The van der Waals surface area contributed by atoms with Crippen molar-refractivity contribution < 1.29 is 13.2 Å². The molecule has 0 atom stereocenters. The van der Waals surface area contributed by atoms with Crippen LogP contribution >= 0.6 is 0 Å². The van der Waals surface area contributed by atoms with E-state index < -0.39 is 11.7 Å². The Morgan fingerprint density at radius 3 is 1.27 bits per heavy atom. The quantitative estimate of drug-likeness (QED) is 0.152. The number of benzene rings is 8. The summed E-state index contributed by atoms with van der Waals surface area (Å²) in [5.74, 6) is 0.155. The van der Waals surface area contributed by atoms with Crippen LogP contribution in [0.1, 0.15) is 11.1 Å². The van der Waals surface area contributed by atoms with Crippen molar-refractivity contribution >= 4 is 21.8 Å². The van der Waals surface area contributed by atoms with E-state index in [1.54, 1.807) is 6.07 Å².